The lowest BCUT2D eigenvalue weighted by Crippen LogP contribution is -2.48. The summed E-state index contributed by atoms with van der Waals surface area (Å²) in [6.07, 6.45) is 1.73. The zero-order valence-corrected chi connectivity index (χ0v) is 12.4. The number of anilines is 1. The average molecular weight is 306 g/mol. The predicted octanol–water partition coefficient (Wildman–Crippen LogP) is 2.12. The number of fused-ring (bicyclic) bond motifs is 1. The molecule has 1 atom stereocenters. The quantitative estimate of drug-likeness (QED) is 0.892. The van der Waals surface area contributed by atoms with Gasteiger partial charge in [-0.05, 0) is 30.7 Å². The molecule has 2 N–H and O–H groups in total. The van der Waals surface area contributed by atoms with Crippen molar-refractivity contribution in [3.63, 3.8) is 0 Å². The van der Waals surface area contributed by atoms with Gasteiger partial charge < -0.3 is 15.4 Å². The number of halogens is 1. The summed E-state index contributed by atoms with van der Waals surface area (Å²) in [5, 5.41) is 7.37. The van der Waals surface area contributed by atoms with Crippen molar-refractivity contribution in [1.29, 1.82) is 0 Å². The Bertz CT molecular complexity index is 684. The van der Waals surface area contributed by atoms with E-state index in [-0.39, 0.29) is 11.9 Å². The molecule has 0 saturated carbocycles. The highest BCUT2D eigenvalue weighted by Gasteiger charge is 2.22. The number of carbonyl (C=O) groups is 1. The van der Waals surface area contributed by atoms with Crippen molar-refractivity contribution >= 4 is 34.1 Å². The third kappa shape index (κ3) is 2.85. The lowest BCUT2D eigenvalue weighted by atomic mass is 10.1. The molecule has 1 aliphatic rings. The molecule has 2 heterocycles. The standard InChI is InChI=1S/C15H16ClN3O2/c1-9-7-11(16)14(10-3-2-4-18-13(9)10)19-15(20)12-8-21-6-5-17-12/h2-4,7,12,17H,5-6,8H2,1H3,(H,19,20). The van der Waals surface area contributed by atoms with E-state index < -0.39 is 0 Å². The molecule has 1 amide bonds. The van der Waals surface area contributed by atoms with Crippen LogP contribution >= 0.6 is 11.6 Å². The SMILES string of the molecule is Cc1cc(Cl)c(NC(=O)C2COCCN2)c2cccnc12. The van der Waals surface area contributed by atoms with Crippen LogP contribution in [0.1, 0.15) is 5.56 Å². The van der Waals surface area contributed by atoms with Crippen LogP contribution in [0.15, 0.2) is 24.4 Å². The molecule has 3 rings (SSSR count). The summed E-state index contributed by atoms with van der Waals surface area (Å²) in [6.45, 7) is 3.61. The Morgan fingerprint density at radius 1 is 1.57 bits per heavy atom. The van der Waals surface area contributed by atoms with E-state index in [0.29, 0.717) is 30.5 Å². The Hall–Kier alpha value is -1.69. The van der Waals surface area contributed by atoms with Gasteiger partial charge in [0.05, 0.1) is 29.4 Å². The van der Waals surface area contributed by atoms with Crippen molar-refractivity contribution in [3.8, 4) is 0 Å². The largest absolute Gasteiger partial charge is 0.378 e. The van der Waals surface area contributed by atoms with E-state index in [1.54, 1.807) is 6.20 Å². The van der Waals surface area contributed by atoms with E-state index in [4.69, 9.17) is 16.3 Å². The minimum atomic E-state index is -0.358. The Balaban J connectivity index is 1.94. The van der Waals surface area contributed by atoms with Crippen LogP contribution in [0, 0.1) is 6.92 Å². The number of amides is 1. The average Bonchev–Trinajstić information content (AvgIpc) is 2.52. The first kappa shape index (κ1) is 14.3. The summed E-state index contributed by atoms with van der Waals surface area (Å²) in [5.74, 6) is -0.148. The molecule has 0 radical (unpaired) electrons. The zero-order valence-electron chi connectivity index (χ0n) is 11.6. The van der Waals surface area contributed by atoms with Crippen molar-refractivity contribution in [2.45, 2.75) is 13.0 Å². The van der Waals surface area contributed by atoms with Gasteiger partial charge >= 0.3 is 0 Å². The topological polar surface area (TPSA) is 63.2 Å². The van der Waals surface area contributed by atoms with Gasteiger partial charge in [-0.3, -0.25) is 9.78 Å². The summed E-state index contributed by atoms with van der Waals surface area (Å²) in [4.78, 5) is 16.7. The van der Waals surface area contributed by atoms with E-state index in [1.807, 2.05) is 25.1 Å². The second-order valence-corrected chi connectivity index (χ2v) is 5.43. The molecular weight excluding hydrogens is 290 g/mol. The van der Waals surface area contributed by atoms with Gasteiger partial charge in [-0.25, -0.2) is 0 Å². The normalized spacial score (nSPS) is 18.7. The van der Waals surface area contributed by atoms with Gasteiger partial charge in [-0.15, -0.1) is 0 Å². The number of aryl methyl sites for hydroxylation is 1. The molecule has 1 unspecified atom stereocenters. The van der Waals surface area contributed by atoms with E-state index in [1.165, 1.54) is 0 Å². The number of ether oxygens (including phenoxy) is 1. The van der Waals surface area contributed by atoms with Gasteiger partial charge in [0.25, 0.3) is 0 Å². The van der Waals surface area contributed by atoms with Crippen LogP contribution < -0.4 is 10.6 Å². The summed E-state index contributed by atoms with van der Waals surface area (Å²) in [6, 6.07) is 5.19. The van der Waals surface area contributed by atoms with Gasteiger partial charge in [0, 0.05) is 18.1 Å². The fourth-order valence-corrected chi connectivity index (χ4v) is 2.76. The molecule has 1 saturated heterocycles. The van der Waals surface area contributed by atoms with Crippen LogP contribution in [0.3, 0.4) is 0 Å². The Morgan fingerprint density at radius 3 is 3.19 bits per heavy atom. The molecule has 1 aromatic carbocycles. The molecule has 1 aliphatic heterocycles. The van der Waals surface area contributed by atoms with Crippen LogP contribution in [0.4, 0.5) is 5.69 Å². The smallest absolute Gasteiger partial charge is 0.243 e. The van der Waals surface area contributed by atoms with Crippen LogP contribution in [0.25, 0.3) is 10.9 Å². The van der Waals surface area contributed by atoms with E-state index in [2.05, 4.69) is 15.6 Å². The molecule has 6 heteroatoms. The molecule has 21 heavy (non-hydrogen) atoms. The number of morpholine rings is 1. The Kier molecular flexibility index (Phi) is 4.05. The second-order valence-electron chi connectivity index (χ2n) is 5.02. The molecular formula is C15H16ClN3O2. The Labute approximate surface area is 127 Å². The molecule has 110 valence electrons. The molecule has 0 aliphatic carbocycles. The van der Waals surface area contributed by atoms with Crippen molar-refractivity contribution in [2.75, 3.05) is 25.1 Å². The highest BCUT2D eigenvalue weighted by molar-refractivity contribution is 6.35. The maximum absolute atomic E-state index is 12.3. The zero-order chi connectivity index (χ0) is 14.8. The number of rotatable bonds is 2. The van der Waals surface area contributed by atoms with Crippen molar-refractivity contribution in [1.82, 2.24) is 10.3 Å². The number of pyridine rings is 1. The first-order valence-corrected chi connectivity index (χ1v) is 7.20. The van der Waals surface area contributed by atoms with Crippen LogP contribution in [0.2, 0.25) is 5.02 Å². The lowest BCUT2D eigenvalue weighted by molar-refractivity contribution is -0.120. The van der Waals surface area contributed by atoms with Gasteiger partial charge in [0.1, 0.15) is 6.04 Å². The van der Waals surface area contributed by atoms with Gasteiger partial charge in [0.15, 0.2) is 0 Å². The minimum absolute atomic E-state index is 0.148. The molecule has 5 nitrogen and oxygen atoms in total. The van der Waals surface area contributed by atoms with Crippen molar-refractivity contribution < 1.29 is 9.53 Å². The van der Waals surface area contributed by atoms with Gasteiger partial charge in [0.2, 0.25) is 5.91 Å². The van der Waals surface area contributed by atoms with E-state index >= 15 is 0 Å². The first-order valence-electron chi connectivity index (χ1n) is 6.82. The summed E-state index contributed by atoms with van der Waals surface area (Å²) < 4.78 is 5.31. The fourth-order valence-electron chi connectivity index (χ4n) is 2.45. The third-order valence-electron chi connectivity index (χ3n) is 3.52. The number of aromatic nitrogens is 1. The molecule has 1 fully saturated rings. The van der Waals surface area contributed by atoms with E-state index in [9.17, 15) is 4.79 Å². The number of hydrogen-bond acceptors (Lipinski definition) is 4. The maximum atomic E-state index is 12.3. The Morgan fingerprint density at radius 2 is 2.43 bits per heavy atom. The fraction of sp³-hybridized carbons (Fsp3) is 0.333. The minimum Gasteiger partial charge on any atom is -0.378 e. The highest BCUT2D eigenvalue weighted by Crippen LogP contribution is 2.32. The number of benzene rings is 1. The second kappa shape index (κ2) is 5.97. The van der Waals surface area contributed by atoms with Crippen molar-refractivity contribution in [3.05, 3.63) is 35.0 Å². The predicted molar refractivity (Wildman–Crippen MR) is 82.7 cm³/mol. The first-order chi connectivity index (χ1) is 10.2. The van der Waals surface area contributed by atoms with Crippen LogP contribution in [-0.2, 0) is 9.53 Å². The molecule has 0 spiro atoms. The summed E-state index contributed by atoms with van der Waals surface area (Å²) >= 11 is 6.30. The maximum Gasteiger partial charge on any atom is 0.243 e. The number of carbonyl (C=O) groups excluding carboxylic acids is 1. The summed E-state index contributed by atoms with van der Waals surface area (Å²) in [7, 11) is 0. The monoisotopic (exact) mass is 305 g/mol. The van der Waals surface area contributed by atoms with Crippen LogP contribution in [0.5, 0.6) is 0 Å². The van der Waals surface area contributed by atoms with Gasteiger partial charge in [-0.1, -0.05) is 11.6 Å². The number of nitrogens with zero attached hydrogens (tertiary/aromatic N) is 1. The molecule has 1 aromatic heterocycles. The highest BCUT2D eigenvalue weighted by atomic mass is 35.5. The lowest BCUT2D eigenvalue weighted by Gasteiger charge is -2.23. The summed E-state index contributed by atoms with van der Waals surface area (Å²) in [5.41, 5.74) is 2.42. The molecule has 2 aromatic rings. The van der Waals surface area contributed by atoms with E-state index in [0.717, 1.165) is 16.5 Å². The van der Waals surface area contributed by atoms with Gasteiger partial charge in [-0.2, -0.15) is 0 Å². The third-order valence-corrected chi connectivity index (χ3v) is 3.82. The number of hydrogen-bond donors (Lipinski definition) is 2. The molecule has 0 bridgehead atoms. The van der Waals surface area contributed by atoms with Crippen molar-refractivity contribution in [2.24, 2.45) is 0 Å². The van der Waals surface area contributed by atoms with Crippen LogP contribution in [-0.4, -0.2) is 36.7 Å². The number of nitrogens with one attached hydrogen (secondary N) is 2.